The lowest BCUT2D eigenvalue weighted by Gasteiger charge is -2.29. The maximum atomic E-state index is 12.5. The fourth-order valence-electron chi connectivity index (χ4n) is 4.30. The standard InChI is InChI=1S/C22H28O4/c1-14(2)16-10-11-21(3,24)19-17(12-16)22(4,25)13-18(19)26-20(23)15-8-6-5-7-9-15/h5-9,16,18,24-25H,1,10-13H2,2-4H3/t16-,18+,21+,22-/m1/s1. The Hall–Kier alpha value is -1.91. The first kappa shape index (κ1) is 18.9. The topological polar surface area (TPSA) is 66.8 Å². The molecule has 0 radical (unpaired) electrons. The van der Waals surface area contributed by atoms with Gasteiger partial charge in [-0.15, -0.1) is 0 Å². The van der Waals surface area contributed by atoms with Gasteiger partial charge >= 0.3 is 5.97 Å². The largest absolute Gasteiger partial charge is 0.454 e. The third-order valence-electron chi connectivity index (χ3n) is 5.85. The smallest absolute Gasteiger partial charge is 0.338 e. The number of benzene rings is 1. The molecule has 4 nitrogen and oxygen atoms in total. The van der Waals surface area contributed by atoms with Crippen LogP contribution >= 0.6 is 0 Å². The molecule has 0 unspecified atom stereocenters. The van der Waals surface area contributed by atoms with Crippen molar-refractivity contribution in [2.24, 2.45) is 5.92 Å². The monoisotopic (exact) mass is 356 g/mol. The SMILES string of the molecule is C=C(C)[C@@H]1CC[C@](C)(O)C2=C(C1)[C@](C)(O)C[C@@H]2OC(=O)c1ccccc1. The van der Waals surface area contributed by atoms with E-state index in [0.29, 0.717) is 24.0 Å². The molecule has 0 aliphatic heterocycles. The van der Waals surface area contributed by atoms with E-state index in [9.17, 15) is 15.0 Å². The summed E-state index contributed by atoms with van der Waals surface area (Å²) in [7, 11) is 0. The first-order valence-corrected chi connectivity index (χ1v) is 9.22. The van der Waals surface area contributed by atoms with E-state index in [1.54, 1.807) is 38.1 Å². The zero-order valence-electron chi connectivity index (χ0n) is 15.8. The lowest BCUT2D eigenvalue weighted by molar-refractivity contribution is 0.00631. The fraction of sp³-hybridized carbons (Fsp3) is 0.500. The first-order valence-electron chi connectivity index (χ1n) is 9.22. The summed E-state index contributed by atoms with van der Waals surface area (Å²) in [5, 5.41) is 22.1. The van der Waals surface area contributed by atoms with Crippen molar-refractivity contribution in [3.8, 4) is 0 Å². The second kappa shape index (κ2) is 6.67. The summed E-state index contributed by atoms with van der Waals surface area (Å²) in [6.45, 7) is 9.56. The van der Waals surface area contributed by atoms with E-state index < -0.39 is 23.3 Å². The van der Waals surface area contributed by atoms with E-state index in [4.69, 9.17) is 4.74 Å². The molecule has 2 N–H and O–H groups in total. The molecule has 0 spiro atoms. The molecule has 0 heterocycles. The molecule has 2 aliphatic carbocycles. The minimum Gasteiger partial charge on any atom is -0.454 e. The average molecular weight is 356 g/mol. The van der Waals surface area contributed by atoms with Crippen LogP contribution < -0.4 is 0 Å². The van der Waals surface area contributed by atoms with Crippen LogP contribution in [0.3, 0.4) is 0 Å². The van der Waals surface area contributed by atoms with E-state index in [-0.39, 0.29) is 12.3 Å². The van der Waals surface area contributed by atoms with Crippen molar-refractivity contribution in [2.45, 2.75) is 63.8 Å². The van der Waals surface area contributed by atoms with Gasteiger partial charge in [0.15, 0.2) is 0 Å². The van der Waals surface area contributed by atoms with Gasteiger partial charge in [-0.25, -0.2) is 4.79 Å². The number of rotatable bonds is 3. The molecule has 0 fully saturated rings. The summed E-state index contributed by atoms with van der Waals surface area (Å²) in [6, 6.07) is 8.81. The highest BCUT2D eigenvalue weighted by molar-refractivity contribution is 5.89. The van der Waals surface area contributed by atoms with E-state index >= 15 is 0 Å². The van der Waals surface area contributed by atoms with Crippen molar-refractivity contribution < 1.29 is 19.7 Å². The number of carbonyl (C=O) groups excluding carboxylic acids is 1. The van der Waals surface area contributed by atoms with Crippen molar-refractivity contribution >= 4 is 5.97 Å². The predicted octanol–water partition coefficient (Wildman–Crippen LogP) is 3.79. The third-order valence-corrected chi connectivity index (χ3v) is 5.85. The van der Waals surface area contributed by atoms with Crippen molar-refractivity contribution in [3.05, 3.63) is 59.2 Å². The lowest BCUT2D eigenvalue weighted by Crippen LogP contribution is -2.34. The molecular weight excluding hydrogens is 328 g/mol. The normalized spacial score (nSPS) is 34.2. The second-order valence-electron chi connectivity index (χ2n) is 8.19. The number of ether oxygens (including phenoxy) is 1. The number of hydrogen-bond donors (Lipinski definition) is 2. The average Bonchev–Trinajstić information content (AvgIpc) is 2.71. The van der Waals surface area contributed by atoms with Gasteiger partial charge in [-0.1, -0.05) is 30.4 Å². The highest BCUT2D eigenvalue weighted by atomic mass is 16.5. The predicted molar refractivity (Wildman–Crippen MR) is 101 cm³/mol. The zero-order chi connectivity index (χ0) is 19.1. The highest BCUT2D eigenvalue weighted by Crippen LogP contribution is 2.49. The van der Waals surface area contributed by atoms with E-state index in [2.05, 4.69) is 6.58 Å². The molecule has 0 aromatic heterocycles. The maximum Gasteiger partial charge on any atom is 0.338 e. The Bertz CT molecular complexity index is 743. The van der Waals surface area contributed by atoms with Crippen LogP contribution in [0, 0.1) is 5.92 Å². The Labute approximate surface area is 155 Å². The van der Waals surface area contributed by atoms with Gasteiger partial charge in [-0.05, 0) is 63.7 Å². The van der Waals surface area contributed by atoms with E-state index in [1.165, 1.54) is 0 Å². The fourth-order valence-corrected chi connectivity index (χ4v) is 4.30. The molecule has 4 atom stereocenters. The summed E-state index contributed by atoms with van der Waals surface area (Å²) in [5.41, 5.74) is 0.791. The van der Waals surface area contributed by atoms with Gasteiger partial charge in [0, 0.05) is 12.0 Å². The van der Waals surface area contributed by atoms with Gasteiger partial charge in [0.25, 0.3) is 0 Å². The van der Waals surface area contributed by atoms with Crippen molar-refractivity contribution in [3.63, 3.8) is 0 Å². The van der Waals surface area contributed by atoms with Crippen LogP contribution in [0.15, 0.2) is 53.6 Å². The van der Waals surface area contributed by atoms with E-state index in [0.717, 1.165) is 17.6 Å². The van der Waals surface area contributed by atoms with Crippen LogP contribution in [0.4, 0.5) is 0 Å². The minimum atomic E-state index is -1.11. The number of allylic oxidation sites excluding steroid dienone is 1. The van der Waals surface area contributed by atoms with Crippen LogP contribution in [0.1, 0.15) is 56.8 Å². The maximum absolute atomic E-state index is 12.5. The molecule has 0 amide bonds. The van der Waals surface area contributed by atoms with Crippen LogP contribution in [-0.2, 0) is 4.74 Å². The summed E-state index contributed by atoms with van der Waals surface area (Å²) >= 11 is 0. The zero-order valence-corrected chi connectivity index (χ0v) is 15.8. The summed E-state index contributed by atoms with van der Waals surface area (Å²) in [5.74, 6) is -0.222. The van der Waals surface area contributed by atoms with Crippen molar-refractivity contribution in [2.75, 3.05) is 0 Å². The Morgan fingerprint density at radius 2 is 1.85 bits per heavy atom. The second-order valence-corrected chi connectivity index (χ2v) is 8.19. The van der Waals surface area contributed by atoms with Crippen molar-refractivity contribution in [1.82, 2.24) is 0 Å². The molecule has 2 aliphatic rings. The molecule has 0 bridgehead atoms. The van der Waals surface area contributed by atoms with Crippen molar-refractivity contribution in [1.29, 1.82) is 0 Å². The lowest BCUT2D eigenvalue weighted by atomic mass is 9.85. The first-order chi connectivity index (χ1) is 12.1. The van der Waals surface area contributed by atoms with Crippen LogP contribution in [0.5, 0.6) is 0 Å². The summed E-state index contributed by atoms with van der Waals surface area (Å²) in [4.78, 5) is 12.5. The number of esters is 1. The van der Waals surface area contributed by atoms with Crippen LogP contribution in [0.2, 0.25) is 0 Å². The number of aliphatic hydroxyl groups is 2. The number of hydrogen-bond acceptors (Lipinski definition) is 4. The molecule has 26 heavy (non-hydrogen) atoms. The van der Waals surface area contributed by atoms with Crippen LogP contribution in [-0.4, -0.2) is 33.5 Å². The van der Waals surface area contributed by atoms with Gasteiger partial charge < -0.3 is 14.9 Å². The summed E-state index contributed by atoms with van der Waals surface area (Å²) in [6.07, 6.45) is 1.65. The molecule has 1 aromatic carbocycles. The van der Waals surface area contributed by atoms with Gasteiger partial charge in [-0.2, -0.15) is 0 Å². The van der Waals surface area contributed by atoms with Gasteiger partial charge in [0.1, 0.15) is 6.10 Å². The molecule has 0 saturated heterocycles. The van der Waals surface area contributed by atoms with Gasteiger partial charge in [-0.3, -0.25) is 0 Å². The minimum absolute atomic E-state index is 0.212. The molecule has 1 aromatic rings. The highest BCUT2D eigenvalue weighted by Gasteiger charge is 2.50. The quantitative estimate of drug-likeness (QED) is 0.639. The van der Waals surface area contributed by atoms with Gasteiger partial charge in [0.2, 0.25) is 0 Å². The molecular formula is C22H28O4. The molecule has 140 valence electrons. The van der Waals surface area contributed by atoms with Gasteiger partial charge in [0.05, 0.1) is 16.8 Å². The molecule has 3 rings (SSSR count). The number of carbonyl (C=O) groups is 1. The Balaban J connectivity index is 1.95. The molecule has 0 saturated carbocycles. The Morgan fingerprint density at radius 3 is 2.46 bits per heavy atom. The third kappa shape index (κ3) is 3.49. The summed E-state index contributed by atoms with van der Waals surface area (Å²) < 4.78 is 5.75. The molecule has 4 heteroatoms. The van der Waals surface area contributed by atoms with Crippen LogP contribution in [0.25, 0.3) is 0 Å². The Morgan fingerprint density at radius 1 is 1.19 bits per heavy atom. The van der Waals surface area contributed by atoms with E-state index in [1.807, 2.05) is 13.0 Å². The Kier molecular flexibility index (Phi) is 4.84.